The molecule has 2 aliphatic heterocycles. The third kappa shape index (κ3) is 4.08. The first kappa shape index (κ1) is 23.4. The zero-order valence-corrected chi connectivity index (χ0v) is 21.0. The van der Waals surface area contributed by atoms with Gasteiger partial charge in [0.05, 0.1) is 17.5 Å². The Balaban J connectivity index is 1.36. The first-order chi connectivity index (χ1) is 17.7. The van der Waals surface area contributed by atoms with Gasteiger partial charge in [-0.3, -0.25) is 9.88 Å². The summed E-state index contributed by atoms with van der Waals surface area (Å²) in [6.45, 7) is 6.74. The van der Waals surface area contributed by atoms with Gasteiger partial charge in [0.25, 0.3) is 0 Å². The lowest BCUT2D eigenvalue weighted by molar-refractivity contribution is 0.0123. The molecule has 8 nitrogen and oxygen atoms in total. The van der Waals surface area contributed by atoms with Gasteiger partial charge in [0, 0.05) is 24.8 Å². The Morgan fingerprint density at radius 3 is 2.51 bits per heavy atom. The summed E-state index contributed by atoms with van der Waals surface area (Å²) in [7, 11) is 0. The Bertz CT molecular complexity index is 1520. The number of aromatic nitrogens is 3. The topological polar surface area (TPSA) is 91.7 Å². The molecule has 6 rings (SSSR count). The molecular formula is C28H28FN5O3. The molecule has 37 heavy (non-hydrogen) atoms. The number of halogens is 1. The van der Waals surface area contributed by atoms with Gasteiger partial charge in [-0.15, -0.1) is 0 Å². The number of amides is 1. The van der Waals surface area contributed by atoms with Crippen molar-refractivity contribution in [3.8, 4) is 17.0 Å². The van der Waals surface area contributed by atoms with Gasteiger partial charge in [-0.25, -0.2) is 19.2 Å². The number of phenolic OH excluding ortho intramolecular Hbond substituents is 1. The number of hydrogen-bond donors (Lipinski definition) is 1. The molecule has 190 valence electrons. The number of phenols is 1. The van der Waals surface area contributed by atoms with E-state index < -0.39 is 11.4 Å². The number of benzene rings is 2. The Hall–Kier alpha value is -4.01. The summed E-state index contributed by atoms with van der Waals surface area (Å²) in [6, 6.07) is 10.6. The smallest absolute Gasteiger partial charge is 0.410 e. The minimum absolute atomic E-state index is 0.00523. The Morgan fingerprint density at radius 2 is 1.78 bits per heavy atom. The maximum Gasteiger partial charge on any atom is 0.410 e. The van der Waals surface area contributed by atoms with Gasteiger partial charge >= 0.3 is 6.09 Å². The van der Waals surface area contributed by atoms with Crippen LogP contribution in [-0.2, 0) is 4.74 Å². The Morgan fingerprint density at radius 1 is 1.05 bits per heavy atom. The number of aromatic hydroxyl groups is 1. The summed E-state index contributed by atoms with van der Waals surface area (Å²) >= 11 is 0. The van der Waals surface area contributed by atoms with Crippen LogP contribution >= 0.6 is 0 Å². The normalized spacial score (nSPS) is 19.6. The zero-order chi connectivity index (χ0) is 25.9. The van der Waals surface area contributed by atoms with Crippen molar-refractivity contribution in [1.29, 1.82) is 0 Å². The number of carbonyl (C=O) groups is 1. The van der Waals surface area contributed by atoms with E-state index in [1.54, 1.807) is 12.3 Å². The summed E-state index contributed by atoms with van der Waals surface area (Å²) in [5.41, 5.74) is 0.237. The monoisotopic (exact) mass is 501 g/mol. The number of piperazine rings is 1. The van der Waals surface area contributed by atoms with Crippen molar-refractivity contribution in [3.63, 3.8) is 0 Å². The molecule has 0 aliphatic carbocycles. The van der Waals surface area contributed by atoms with E-state index in [-0.39, 0.29) is 35.1 Å². The maximum atomic E-state index is 15.9. The predicted molar refractivity (Wildman–Crippen MR) is 139 cm³/mol. The second kappa shape index (κ2) is 8.54. The Labute approximate surface area is 213 Å². The third-order valence-electron chi connectivity index (χ3n) is 7.09. The van der Waals surface area contributed by atoms with Gasteiger partial charge < -0.3 is 14.7 Å². The fourth-order valence-corrected chi connectivity index (χ4v) is 5.60. The molecule has 4 aromatic rings. The average Bonchev–Trinajstić information content (AvgIpc) is 3.12. The summed E-state index contributed by atoms with van der Waals surface area (Å²) in [5, 5.41) is 12.3. The van der Waals surface area contributed by atoms with Crippen LogP contribution in [-0.4, -0.2) is 61.8 Å². The molecule has 2 atom stereocenters. The lowest BCUT2D eigenvalue weighted by Crippen LogP contribution is -2.57. The van der Waals surface area contributed by atoms with Gasteiger partial charge in [-0.2, -0.15) is 0 Å². The lowest BCUT2D eigenvalue weighted by atomic mass is 10.00. The second-order valence-electron chi connectivity index (χ2n) is 10.8. The third-order valence-corrected chi connectivity index (χ3v) is 7.09. The van der Waals surface area contributed by atoms with Gasteiger partial charge in [0.15, 0.2) is 5.82 Å². The number of carbonyl (C=O) groups excluding carboxylic acids is 1. The molecule has 2 aromatic heterocycles. The van der Waals surface area contributed by atoms with E-state index in [0.29, 0.717) is 29.9 Å². The molecule has 1 N–H and O–H groups in total. The van der Waals surface area contributed by atoms with Crippen molar-refractivity contribution in [3.05, 3.63) is 54.7 Å². The highest BCUT2D eigenvalue weighted by Crippen LogP contribution is 2.38. The van der Waals surface area contributed by atoms with Crippen molar-refractivity contribution >= 4 is 33.6 Å². The molecule has 2 unspecified atom stereocenters. The number of ether oxygens (including phenoxy) is 1. The molecule has 9 heteroatoms. The van der Waals surface area contributed by atoms with Crippen LogP contribution in [0.25, 0.3) is 32.9 Å². The van der Waals surface area contributed by atoms with E-state index in [2.05, 4.69) is 19.9 Å². The SMILES string of the molecule is CC(C)(C)OC(=O)N1C2CCC1CN(c1ncnc3c(F)c(-c4cc(O)cc5ccccc45)ncc13)C2. The number of anilines is 1. The standard InChI is InChI=1S/C28H28FN5O3/c1-28(2,3)37-27(36)34-17-8-9-18(34)14-33(13-17)26-22-12-30-24(23(29)25(22)31-15-32-26)21-11-19(35)10-16-6-4-5-7-20(16)21/h4-7,10-12,15,17-18,35H,8-9,13-14H2,1-3H3. The summed E-state index contributed by atoms with van der Waals surface area (Å²) in [5.74, 6) is 0.0772. The fourth-order valence-electron chi connectivity index (χ4n) is 5.60. The van der Waals surface area contributed by atoms with Crippen molar-refractivity contribution in [2.75, 3.05) is 18.0 Å². The molecule has 2 bridgehead atoms. The van der Waals surface area contributed by atoms with Crippen LogP contribution < -0.4 is 4.90 Å². The highest BCUT2D eigenvalue weighted by atomic mass is 19.1. The molecular weight excluding hydrogens is 473 g/mol. The first-order valence-corrected chi connectivity index (χ1v) is 12.5. The molecule has 2 saturated heterocycles. The van der Waals surface area contributed by atoms with Gasteiger partial charge in [0.1, 0.15) is 34.7 Å². The van der Waals surface area contributed by atoms with Crippen LogP contribution in [0.3, 0.4) is 0 Å². The molecule has 0 saturated carbocycles. The highest BCUT2D eigenvalue weighted by Gasteiger charge is 2.45. The van der Waals surface area contributed by atoms with Crippen LogP contribution in [0.4, 0.5) is 15.0 Å². The summed E-state index contributed by atoms with van der Waals surface area (Å²) < 4.78 is 21.6. The minimum atomic E-state index is -0.563. The van der Waals surface area contributed by atoms with Crippen molar-refractivity contribution in [2.45, 2.75) is 51.3 Å². The number of rotatable bonds is 2. The quantitative estimate of drug-likeness (QED) is 0.400. The van der Waals surface area contributed by atoms with E-state index >= 15 is 4.39 Å². The maximum absolute atomic E-state index is 15.9. The van der Waals surface area contributed by atoms with E-state index in [9.17, 15) is 9.90 Å². The van der Waals surface area contributed by atoms with Gasteiger partial charge in [0.2, 0.25) is 0 Å². The molecule has 0 spiro atoms. The molecule has 2 fully saturated rings. The lowest BCUT2D eigenvalue weighted by Gasteiger charge is -2.42. The van der Waals surface area contributed by atoms with E-state index in [4.69, 9.17) is 4.74 Å². The minimum Gasteiger partial charge on any atom is -0.508 e. The fraction of sp³-hybridized carbons (Fsp3) is 0.357. The first-order valence-electron chi connectivity index (χ1n) is 12.5. The number of fused-ring (bicyclic) bond motifs is 4. The molecule has 1 amide bonds. The zero-order valence-electron chi connectivity index (χ0n) is 21.0. The van der Waals surface area contributed by atoms with E-state index in [1.165, 1.54) is 12.4 Å². The average molecular weight is 502 g/mol. The van der Waals surface area contributed by atoms with Crippen molar-refractivity contribution < 1.29 is 19.0 Å². The van der Waals surface area contributed by atoms with Crippen molar-refractivity contribution in [1.82, 2.24) is 19.9 Å². The molecule has 0 radical (unpaired) electrons. The summed E-state index contributed by atoms with van der Waals surface area (Å²) in [4.78, 5) is 30.0. The number of pyridine rings is 1. The number of nitrogens with zero attached hydrogens (tertiary/aromatic N) is 5. The highest BCUT2D eigenvalue weighted by molar-refractivity contribution is 5.99. The summed E-state index contributed by atoms with van der Waals surface area (Å²) in [6.07, 6.45) is 4.44. The van der Waals surface area contributed by atoms with Crippen LogP contribution in [0.2, 0.25) is 0 Å². The molecule has 4 heterocycles. The van der Waals surface area contributed by atoms with E-state index in [0.717, 1.165) is 23.6 Å². The predicted octanol–water partition coefficient (Wildman–Crippen LogP) is 5.28. The largest absolute Gasteiger partial charge is 0.508 e. The van der Waals surface area contributed by atoms with Crippen LogP contribution in [0, 0.1) is 5.82 Å². The van der Waals surface area contributed by atoms with Crippen molar-refractivity contribution in [2.24, 2.45) is 0 Å². The molecule has 2 aromatic carbocycles. The molecule has 2 aliphatic rings. The van der Waals surface area contributed by atoms with Gasteiger partial charge in [-0.05, 0) is 56.5 Å². The van der Waals surface area contributed by atoms with Crippen LogP contribution in [0.1, 0.15) is 33.6 Å². The van der Waals surface area contributed by atoms with Crippen LogP contribution in [0.5, 0.6) is 5.75 Å². The number of hydrogen-bond acceptors (Lipinski definition) is 7. The van der Waals surface area contributed by atoms with Gasteiger partial charge in [-0.1, -0.05) is 24.3 Å². The second-order valence-corrected chi connectivity index (χ2v) is 10.8. The Kier molecular flexibility index (Phi) is 5.40. The van der Waals surface area contributed by atoms with E-state index in [1.807, 2.05) is 49.9 Å². The van der Waals surface area contributed by atoms with Crippen LogP contribution in [0.15, 0.2) is 48.9 Å².